The second-order valence-electron chi connectivity index (χ2n) is 12.4. The Bertz CT molecular complexity index is 2960. The van der Waals surface area contributed by atoms with Crippen molar-refractivity contribution in [3.63, 3.8) is 0 Å². The summed E-state index contributed by atoms with van der Waals surface area (Å²) in [4.78, 5) is 11.8. The Balaban J connectivity index is 1.22. The molecule has 0 spiro atoms. The standard InChI is InChI=1S/C35H31ClN10O10S3/c1-57(48,49)26-14-12-22(13-15-26)38-34-40-33(36)41-35(42-34)39-24-5-2-6-25(19-24)44-46-31-28(58(50,51)52)18-21-9-16-27(30(37)29(21)32(31)47)45-43-23-10-7-20(8-11-23)4-3-17-56-59(53,54)55/h2,5-16,18-19,47H,3-4,17,37H2,1H3,(H,50,51,52)(H,53,54,55)(H2,38,39,40,41,42)/b45-43+,46-44+. The Labute approximate surface area is 341 Å². The maximum atomic E-state index is 12.5. The van der Waals surface area contributed by atoms with E-state index in [-0.39, 0.29) is 56.5 Å². The highest BCUT2D eigenvalue weighted by Crippen LogP contribution is 2.46. The van der Waals surface area contributed by atoms with Crippen molar-refractivity contribution >= 4 is 104 Å². The molecule has 1 heterocycles. The first-order valence-electron chi connectivity index (χ1n) is 16.8. The van der Waals surface area contributed by atoms with Crippen LogP contribution in [0, 0.1) is 0 Å². The van der Waals surface area contributed by atoms with Gasteiger partial charge in [0.2, 0.25) is 17.2 Å². The zero-order valence-electron chi connectivity index (χ0n) is 30.3. The van der Waals surface area contributed by atoms with Gasteiger partial charge in [0.1, 0.15) is 16.3 Å². The van der Waals surface area contributed by atoms with Gasteiger partial charge in [-0.25, -0.2) is 12.6 Å². The first-order chi connectivity index (χ1) is 27.8. The fourth-order valence-corrected chi connectivity index (χ4v) is 7.15. The lowest BCUT2D eigenvalue weighted by Gasteiger charge is -2.12. The van der Waals surface area contributed by atoms with Crippen molar-refractivity contribution in [2.75, 3.05) is 29.2 Å². The predicted molar refractivity (Wildman–Crippen MR) is 218 cm³/mol. The van der Waals surface area contributed by atoms with Crippen molar-refractivity contribution in [3.05, 3.63) is 102 Å². The molecular weight excluding hydrogens is 852 g/mol. The number of phenolic OH excluding ortho intramolecular Hbond substituents is 1. The highest BCUT2D eigenvalue weighted by atomic mass is 35.5. The van der Waals surface area contributed by atoms with Crippen LogP contribution in [0.3, 0.4) is 0 Å². The molecule has 6 rings (SSSR count). The molecule has 0 aliphatic carbocycles. The molecule has 6 aromatic rings. The number of aryl methyl sites for hydroxylation is 1. The van der Waals surface area contributed by atoms with Crippen molar-refractivity contribution in [2.24, 2.45) is 20.5 Å². The summed E-state index contributed by atoms with van der Waals surface area (Å²) in [5, 5.41) is 33.6. The van der Waals surface area contributed by atoms with Crippen molar-refractivity contribution in [2.45, 2.75) is 22.6 Å². The van der Waals surface area contributed by atoms with Gasteiger partial charge in [0.25, 0.3) is 10.1 Å². The number of hydrogen-bond donors (Lipinski definition) is 6. The van der Waals surface area contributed by atoms with Crippen LogP contribution in [0.5, 0.6) is 5.75 Å². The average Bonchev–Trinajstić information content (AvgIpc) is 3.15. The number of nitrogens with two attached hydrogens (primary N) is 1. The Morgan fingerprint density at radius 2 is 1.42 bits per heavy atom. The molecule has 0 aliphatic rings. The number of sulfone groups is 1. The third-order valence-corrected chi connectivity index (χ3v) is 10.7. The summed E-state index contributed by atoms with van der Waals surface area (Å²) in [5.41, 5.74) is 8.09. The molecule has 0 atom stereocenters. The van der Waals surface area contributed by atoms with Gasteiger partial charge >= 0.3 is 10.4 Å². The van der Waals surface area contributed by atoms with Gasteiger partial charge in [0.05, 0.1) is 34.0 Å². The fraction of sp³-hybridized carbons (Fsp3) is 0.114. The molecule has 20 nitrogen and oxygen atoms in total. The molecule has 0 saturated heterocycles. The maximum Gasteiger partial charge on any atom is 0.397 e. The van der Waals surface area contributed by atoms with Crippen LogP contribution in [0.2, 0.25) is 5.28 Å². The number of nitrogens with zero attached hydrogens (tertiary/aromatic N) is 7. The second kappa shape index (κ2) is 17.3. The highest BCUT2D eigenvalue weighted by Gasteiger charge is 2.24. The largest absolute Gasteiger partial charge is 0.505 e. The Kier molecular flexibility index (Phi) is 12.5. The minimum absolute atomic E-state index is 0.0117. The van der Waals surface area contributed by atoms with Crippen molar-refractivity contribution < 1.29 is 43.6 Å². The summed E-state index contributed by atoms with van der Waals surface area (Å²) >= 11 is 6.13. The first kappa shape index (κ1) is 42.4. The van der Waals surface area contributed by atoms with Crippen LogP contribution in [0.25, 0.3) is 10.8 Å². The third kappa shape index (κ3) is 11.3. The number of anilines is 5. The van der Waals surface area contributed by atoms with E-state index in [0.29, 0.717) is 29.9 Å². The molecule has 306 valence electrons. The minimum Gasteiger partial charge on any atom is -0.505 e. The van der Waals surface area contributed by atoms with Crippen molar-refractivity contribution in [1.82, 2.24) is 15.0 Å². The highest BCUT2D eigenvalue weighted by molar-refractivity contribution is 7.90. The van der Waals surface area contributed by atoms with Crippen molar-refractivity contribution in [1.29, 1.82) is 0 Å². The number of benzene rings is 5. The molecule has 0 radical (unpaired) electrons. The second-order valence-corrected chi connectivity index (χ2v) is 17.2. The summed E-state index contributed by atoms with van der Waals surface area (Å²) in [6.07, 6.45) is 1.88. The Morgan fingerprint density at radius 1 is 0.763 bits per heavy atom. The van der Waals surface area contributed by atoms with Crippen molar-refractivity contribution in [3.8, 4) is 5.75 Å². The van der Waals surface area contributed by atoms with E-state index < -0.39 is 46.7 Å². The van der Waals surface area contributed by atoms with Gasteiger partial charge in [-0.3, -0.25) is 9.11 Å². The number of hydrogen-bond acceptors (Lipinski definition) is 18. The Hall–Kier alpha value is -6.21. The summed E-state index contributed by atoms with van der Waals surface area (Å²) in [5.74, 6) is -0.659. The lowest BCUT2D eigenvalue weighted by molar-refractivity contribution is 0.265. The molecular formula is C35H31ClN10O10S3. The summed E-state index contributed by atoms with van der Waals surface area (Å²) in [7, 11) is -12.9. The van der Waals surface area contributed by atoms with E-state index in [0.717, 1.165) is 17.9 Å². The maximum absolute atomic E-state index is 12.5. The predicted octanol–water partition coefficient (Wildman–Crippen LogP) is 7.69. The zero-order chi connectivity index (χ0) is 42.5. The number of aromatic nitrogens is 3. The molecule has 0 bridgehead atoms. The van der Waals surface area contributed by atoms with E-state index >= 15 is 0 Å². The molecule has 24 heteroatoms. The smallest absolute Gasteiger partial charge is 0.397 e. The molecule has 0 fully saturated rings. The molecule has 1 aromatic heterocycles. The van der Waals surface area contributed by atoms with E-state index in [1.807, 2.05) is 0 Å². The molecule has 0 saturated carbocycles. The van der Waals surface area contributed by atoms with Gasteiger partial charge in [-0.1, -0.05) is 24.3 Å². The number of azo groups is 2. The van der Waals surface area contributed by atoms with Gasteiger partial charge in [0.15, 0.2) is 15.6 Å². The van der Waals surface area contributed by atoms with E-state index in [2.05, 4.69) is 50.2 Å². The van der Waals surface area contributed by atoms with Gasteiger partial charge in [-0.05, 0) is 102 Å². The normalized spacial score (nSPS) is 12.4. The van der Waals surface area contributed by atoms with E-state index in [1.54, 1.807) is 36.4 Å². The average molecular weight is 883 g/mol. The molecule has 7 N–H and O–H groups in total. The summed E-state index contributed by atoms with van der Waals surface area (Å²) in [6, 6.07) is 22.8. The number of halogens is 1. The van der Waals surface area contributed by atoms with Crippen LogP contribution >= 0.6 is 11.6 Å². The van der Waals surface area contributed by atoms with Gasteiger partial charge in [-0.15, -0.1) is 10.2 Å². The SMILES string of the molecule is CS(=O)(=O)c1ccc(Nc2nc(Cl)nc(Nc3cccc(/N=N/c4c(S(=O)(=O)O)cc5ccc(/N=N/c6ccc(CCCOS(=O)(=O)O)cc6)c(N)c5c4O)c3)n2)cc1. The van der Waals surface area contributed by atoms with Crippen LogP contribution in [0.15, 0.2) is 121 Å². The molecule has 0 unspecified atom stereocenters. The summed E-state index contributed by atoms with van der Waals surface area (Å²) < 4.78 is 92.9. The zero-order valence-corrected chi connectivity index (χ0v) is 33.5. The number of aromatic hydroxyl groups is 1. The fourth-order valence-electron chi connectivity index (χ4n) is 5.38. The van der Waals surface area contributed by atoms with Crippen LogP contribution < -0.4 is 16.4 Å². The number of nitrogens with one attached hydrogen (secondary N) is 2. The van der Waals surface area contributed by atoms with Crippen LogP contribution in [0.1, 0.15) is 12.0 Å². The van der Waals surface area contributed by atoms with Crippen LogP contribution in [0.4, 0.5) is 51.7 Å². The van der Waals surface area contributed by atoms with Crippen LogP contribution in [-0.4, -0.2) is 67.3 Å². The van der Waals surface area contributed by atoms with Crippen LogP contribution in [-0.2, 0) is 41.0 Å². The third-order valence-electron chi connectivity index (χ3n) is 8.08. The number of fused-ring (bicyclic) bond motifs is 1. The molecule has 0 aliphatic heterocycles. The quantitative estimate of drug-likeness (QED) is 0.0249. The number of nitrogen functional groups attached to an aromatic ring is 1. The van der Waals surface area contributed by atoms with E-state index in [4.69, 9.17) is 21.9 Å². The van der Waals surface area contributed by atoms with Gasteiger partial charge in [0, 0.05) is 17.6 Å². The Morgan fingerprint density at radius 3 is 2.07 bits per heavy atom. The molecule has 59 heavy (non-hydrogen) atoms. The number of rotatable bonds is 15. The van der Waals surface area contributed by atoms with Gasteiger partial charge in [-0.2, -0.15) is 42.0 Å². The van der Waals surface area contributed by atoms with Gasteiger partial charge < -0.3 is 21.5 Å². The number of phenols is 1. The molecule has 0 amide bonds. The van der Waals surface area contributed by atoms with E-state index in [1.165, 1.54) is 48.5 Å². The summed E-state index contributed by atoms with van der Waals surface area (Å²) in [6.45, 7) is -0.190. The topological polar surface area (TPSA) is 311 Å². The molecule has 5 aromatic carbocycles. The lowest BCUT2D eigenvalue weighted by atomic mass is 10.1. The first-order valence-corrected chi connectivity index (χ1v) is 21.9. The van der Waals surface area contributed by atoms with E-state index in [9.17, 15) is 34.9 Å². The lowest BCUT2D eigenvalue weighted by Crippen LogP contribution is -2.05. The minimum atomic E-state index is -4.95. The monoisotopic (exact) mass is 882 g/mol.